The molecule has 0 aromatic rings. The van der Waals surface area contributed by atoms with E-state index in [4.69, 9.17) is 0 Å². The third-order valence-corrected chi connectivity index (χ3v) is 5.77. The highest BCUT2D eigenvalue weighted by Gasteiger charge is 2.30. The second-order valence-electron chi connectivity index (χ2n) is 5.69. The fourth-order valence-electron chi connectivity index (χ4n) is 1.91. The molecule has 0 aromatic heterocycles. The van der Waals surface area contributed by atoms with Crippen molar-refractivity contribution < 1.29 is 13.2 Å². The molecule has 0 atom stereocenters. The second-order valence-corrected chi connectivity index (χ2v) is 8.34. The Hall–Kier alpha value is -0.780. The van der Waals surface area contributed by atoms with Crippen LogP contribution >= 0.6 is 0 Å². The minimum absolute atomic E-state index is 0.129. The maximum Gasteiger partial charge on any atom is 0.315 e. The van der Waals surface area contributed by atoms with Crippen molar-refractivity contribution in [2.45, 2.75) is 56.7 Å². The van der Waals surface area contributed by atoms with Crippen molar-refractivity contribution in [3.63, 3.8) is 0 Å². The number of carbonyl (C=O) groups is 1. The summed E-state index contributed by atoms with van der Waals surface area (Å²) in [5.74, 6) is 0. The summed E-state index contributed by atoms with van der Waals surface area (Å²) in [5.41, 5.74) is 0. The average molecular weight is 276 g/mol. The fourth-order valence-corrected chi connectivity index (χ4v) is 2.24. The van der Waals surface area contributed by atoms with Gasteiger partial charge in [0.2, 0.25) is 0 Å². The van der Waals surface area contributed by atoms with E-state index in [0.29, 0.717) is 0 Å². The highest BCUT2D eigenvalue weighted by molar-refractivity contribution is 7.92. The quantitative estimate of drug-likeness (QED) is 0.816. The average Bonchev–Trinajstić information content (AvgIpc) is 2.26. The molecule has 0 aliphatic heterocycles. The van der Waals surface area contributed by atoms with Crippen LogP contribution in [0.25, 0.3) is 0 Å². The van der Waals surface area contributed by atoms with Crippen LogP contribution in [0.3, 0.4) is 0 Å². The molecule has 18 heavy (non-hydrogen) atoms. The van der Waals surface area contributed by atoms with Crippen LogP contribution < -0.4 is 10.6 Å². The lowest BCUT2D eigenvalue weighted by Crippen LogP contribution is -2.49. The molecule has 1 rings (SSSR count). The first kappa shape index (κ1) is 15.3. The van der Waals surface area contributed by atoms with Gasteiger partial charge in [-0.25, -0.2) is 13.2 Å². The van der Waals surface area contributed by atoms with Gasteiger partial charge in [-0.1, -0.05) is 19.3 Å². The van der Waals surface area contributed by atoms with Crippen molar-refractivity contribution in [1.29, 1.82) is 0 Å². The number of urea groups is 1. The van der Waals surface area contributed by atoms with Gasteiger partial charge in [-0.15, -0.1) is 0 Å². The summed E-state index contributed by atoms with van der Waals surface area (Å²) in [7, 11) is -3.17. The fraction of sp³-hybridized carbons (Fsp3) is 0.917. The molecule has 2 N–H and O–H groups in total. The van der Waals surface area contributed by atoms with E-state index in [0.717, 1.165) is 25.7 Å². The highest BCUT2D eigenvalue weighted by atomic mass is 32.2. The van der Waals surface area contributed by atoms with E-state index in [1.165, 1.54) is 12.7 Å². The molecule has 0 aromatic carbocycles. The Bertz CT molecular complexity index is 384. The van der Waals surface area contributed by atoms with E-state index in [-0.39, 0.29) is 18.6 Å². The van der Waals surface area contributed by atoms with Gasteiger partial charge >= 0.3 is 6.03 Å². The number of sulfone groups is 1. The number of amides is 2. The van der Waals surface area contributed by atoms with Gasteiger partial charge in [-0.05, 0) is 26.7 Å². The molecule has 106 valence electrons. The lowest BCUT2D eigenvalue weighted by Gasteiger charge is -2.26. The van der Waals surface area contributed by atoms with Crippen LogP contribution in [0.2, 0.25) is 0 Å². The summed E-state index contributed by atoms with van der Waals surface area (Å²) in [6.45, 7) is 3.36. The van der Waals surface area contributed by atoms with Crippen molar-refractivity contribution in [3.05, 3.63) is 0 Å². The Labute approximate surface area is 110 Å². The predicted octanol–water partition coefficient (Wildman–Crippen LogP) is 1.44. The number of hydrogen-bond donors (Lipinski definition) is 2. The van der Waals surface area contributed by atoms with Gasteiger partial charge < -0.3 is 10.6 Å². The van der Waals surface area contributed by atoms with E-state index in [1.807, 2.05) is 0 Å². The zero-order valence-electron chi connectivity index (χ0n) is 11.5. The normalized spacial score (nSPS) is 18.4. The van der Waals surface area contributed by atoms with Gasteiger partial charge in [0, 0.05) is 18.8 Å². The Balaban J connectivity index is 2.37. The van der Waals surface area contributed by atoms with Crippen LogP contribution in [0.1, 0.15) is 46.0 Å². The summed E-state index contributed by atoms with van der Waals surface area (Å²) in [5, 5.41) is 5.55. The third kappa shape index (κ3) is 4.48. The van der Waals surface area contributed by atoms with E-state index in [1.54, 1.807) is 13.8 Å². The zero-order valence-corrected chi connectivity index (χ0v) is 12.3. The van der Waals surface area contributed by atoms with Crippen molar-refractivity contribution in [1.82, 2.24) is 10.6 Å². The number of hydrogen-bond acceptors (Lipinski definition) is 3. The Morgan fingerprint density at radius 2 is 1.78 bits per heavy atom. The third-order valence-electron chi connectivity index (χ3n) is 3.62. The van der Waals surface area contributed by atoms with Crippen molar-refractivity contribution in [2.24, 2.45) is 0 Å². The molecule has 0 saturated heterocycles. The van der Waals surface area contributed by atoms with Crippen LogP contribution in [0.15, 0.2) is 0 Å². The smallest absolute Gasteiger partial charge is 0.315 e. The van der Waals surface area contributed by atoms with E-state index in [9.17, 15) is 13.2 Å². The Morgan fingerprint density at radius 1 is 1.22 bits per heavy atom. The summed E-state index contributed by atoms with van der Waals surface area (Å²) in [4.78, 5) is 11.7. The molecule has 2 amide bonds. The van der Waals surface area contributed by atoms with Crippen LogP contribution in [-0.2, 0) is 9.84 Å². The molecule has 6 heteroatoms. The summed E-state index contributed by atoms with van der Waals surface area (Å²) in [6, 6.07) is -0.0290. The first-order chi connectivity index (χ1) is 8.22. The van der Waals surface area contributed by atoms with Crippen molar-refractivity contribution >= 4 is 15.9 Å². The van der Waals surface area contributed by atoms with E-state index >= 15 is 0 Å². The van der Waals surface area contributed by atoms with Crippen LogP contribution in [0, 0.1) is 0 Å². The SMILES string of the molecule is CC(C)(CNC(=O)NC1CCCCC1)S(C)(=O)=O. The van der Waals surface area contributed by atoms with Gasteiger partial charge in [-0.2, -0.15) is 0 Å². The number of rotatable bonds is 4. The molecular weight excluding hydrogens is 252 g/mol. The molecule has 5 nitrogen and oxygen atoms in total. The molecule has 0 radical (unpaired) electrons. The number of carbonyl (C=O) groups excluding carboxylic acids is 1. The standard InChI is InChI=1S/C12H24N2O3S/c1-12(2,18(3,16)17)9-13-11(15)14-10-7-5-4-6-8-10/h10H,4-9H2,1-3H3,(H2,13,14,15). The first-order valence-electron chi connectivity index (χ1n) is 6.46. The van der Waals surface area contributed by atoms with Gasteiger partial charge in [0.1, 0.15) is 0 Å². The van der Waals surface area contributed by atoms with Gasteiger partial charge in [0.15, 0.2) is 9.84 Å². The Morgan fingerprint density at radius 3 is 2.28 bits per heavy atom. The monoisotopic (exact) mass is 276 g/mol. The lowest BCUT2D eigenvalue weighted by molar-refractivity contribution is 0.232. The van der Waals surface area contributed by atoms with Crippen LogP contribution in [0.4, 0.5) is 4.79 Å². The molecule has 1 aliphatic rings. The van der Waals surface area contributed by atoms with Crippen LogP contribution in [0.5, 0.6) is 0 Å². The second kappa shape index (κ2) is 5.91. The maximum absolute atomic E-state index is 11.7. The molecular formula is C12H24N2O3S. The molecule has 1 fully saturated rings. The Kier molecular flexibility index (Phi) is 5.01. The summed E-state index contributed by atoms with van der Waals surface area (Å²) in [6.07, 6.45) is 6.76. The van der Waals surface area contributed by atoms with E-state index < -0.39 is 14.6 Å². The van der Waals surface area contributed by atoms with Crippen molar-refractivity contribution in [2.75, 3.05) is 12.8 Å². The molecule has 0 heterocycles. The molecule has 0 unspecified atom stereocenters. The van der Waals surface area contributed by atoms with Crippen molar-refractivity contribution in [3.8, 4) is 0 Å². The largest absolute Gasteiger partial charge is 0.337 e. The summed E-state index contributed by atoms with van der Waals surface area (Å²) < 4.78 is 22.0. The zero-order chi connectivity index (χ0) is 13.8. The predicted molar refractivity (Wildman–Crippen MR) is 72.3 cm³/mol. The number of nitrogens with one attached hydrogen (secondary N) is 2. The molecule has 0 bridgehead atoms. The molecule has 1 aliphatic carbocycles. The lowest BCUT2D eigenvalue weighted by atomic mass is 9.96. The minimum atomic E-state index is -3.17. The topological polar surface area (TPSA) is 75.3 Å². The van der Waals surface area contributed by atoms with E-state index in [2.05, 4.69) is 10.6 Å². The minimum Gasteiger partial charge on any atom is -0.337 e. The first-order valence-corrected chi connectivity index (χ1v) is 8.35. The molecule has 0 spiro atoms. The van der Waals surface area contributed by atoms with Gasteiger partial charge in [-0.3, -0.25) is 0 Å². The van der Waals surface area contributed by atoms with Gasteiger partial charge in [0.05, 0.1) is 4.75 Å². The summed E-state index contributed by atoms with van der Waals surface area (Å²) >= 11 is 0. The highest BCUT2D eigenvalue weighted by Crippen LogP contribution is 2.17. The molecule has 1 saturated carbocycles. The maximum atomic E-state index is 11.7. The van der Waals surface area contributed by atoms with Gasteiger partial charge in [0.25, 0.3) is 0 Å². The van der Waals surface area contributed by atoms with Crippen LogP contribution in [-0.4, -0.2) is 38.0 Å².